The lowest BCUT2D eigenvalue weighted by Crippen LogP contribution is -2.33. The van der Waals surface area contributed by atoms with Crippen LogP contribution in [-0.2, 0) is 17.8 Å². The number of carbonyl (C=O) groups is 1. The highest BCUT2D eigenvalue weighted by molar-refractivity contribution is 7.59. The number of nitrogen functional groups attached to an aromatic ring is 1. The quantitative estimate of drug-likeness (QED) is 0.375. The molecule has 222 valence electrons. The molecule has 1 aromatic heterocycles. The topological polar surface area (TPSA) is 87.8 Å². The van der Waals surface area contributed by atoms with Gasteiger partial charge in [-0.1, -0.05) is 56.8 Å². The summed E-state index contributed by atoms with van der Waals surface area (Å²) in [4.78, 5) is 26.8. The molecule has 2 aliphatic heterocycles. The smallest absolute Gasteiger partial charge is 0.318 e. The number of fused-ring (bicyclic) bond motifs is 2. The zero-order valence-corrected chi connectivity index (χ0v) is 26.0. The largest absolute Gasteiger partial charge is 0.462 e. The molecule has 8 nitrogen and oxygen atoms in total. The van der Waals surface area contributed by atoms with Crippen LogP contribution in [0.15, 0.2) is 55.1 Å². The summed E-state index contributed by atoms with van der Waals surface area (Å²) in [7, 11) is 2.14. The number of nitrogens with zero attached hydrogens (tertiary/aromatic N) is 5. The van der Waals surface area contributed by atoms with Crippen LogP contribution < -0.4 is 15.4 Å². The Morgan fingerprint density at radius 1 is 1.20 bits per heavy atom. The van der Waals surface area contributed by atoms with Gasteiger partial charge >= 0.3 is 6.01 Å². The van der Waals surface area contributed by atoms with E-state index in [9.17, 15) is 4.79 Å². The molecule has 0 aliphatic carbocycles. The predicted molar refractivity (Wildman–Crippen MR) is 174 cm³/mol. The zero-order chi connectivity index (χ0) is 28.6. The monoisotopic (exact) mass is 578 g/mol. The molecule has 3 heterocycles. The van der Waals surface area contributed by atoms with Crippen molar-refractivity contribution in [3.05, 3.63) is 66.4 Å². The molecule has 1 atom stereocenters. The maximum atomic E-state index is 11.1. The molecule has 3 aromatic rings. The molecule has 1 amide bonds. The molecule has 1 saturated heterocycles. The molecule has 2 aliphatic rings. The summed E-state index contributed by atoms with van der Waals surface area (Å²) >= 11 is 0. The van der Waals surface area contributed by atoms with Crippen molar-refractivity contribution < 1.29 is 9.53 Å². The van der Waals surface area contributed by atoms with Gasteiger partial charge in [0.05, 0.1) is 12.2 Å². The molecule has 0 bridgehead atoms. The van der Waals surface area contributed by atoms with Gasteiger partial charge in [0.15, 0.2) is 0 Å². The summed E-state index contributed by atoms with van der Waals surface area (Å²) < 4.78 is 5.96. The number of hydrogen-bond donors (Lipinski definition) is 1. The zero-order valence-electron chi connectivity index (χ0n) is 25.0. The lowest BCUT2D eigenvalue weighted by molar-refractivity contribution is -0.126. The molecule has 0 saturated carbocycles. The van der Waals surface area contributed by atoms with E-state index in [4.69, 9.17) is 15.5 Å². The fourth-order valence-electron chi connectivity index (χ4n) is 5.50. The first-order valence-electron chi connectivity index (χ1n) is 14.4. The number of aromatic nitrogens is 2. The van der Waals surface area contributed by atoms with E-state index in [1.54, 1.807) is 4.90 Å². The third-order valence-electron chi connectivity index (χ3n) is 7.71. The minimum atomic E-state index is 0. The van der Waals surface area contributed by atoms with E-state index in [-0.39, 0.29) is 19.4 Å². The molecule has 1 fully saturated rings. The van der Waals surface area contributed by atoms with E-state index in [2.05, 4.69) is 84.7 Å². The summed E-state index contributed by atoms with van der Waals surface area (Å²) in [6.07, 6.45) is 4.59. The minimum Gasteiger partial charge on any atom is -0.462 e. The number of anilines is 2. The van der Waals surface area contributed by atoms with Gasteiger partial charge in [-0.2, -0.15) is 23.5 Å². The van der Waals surface area contributed by atoms with Crippen molar-refractivity contribution in [3.63, 3.8) is 0 Å². The van der Waals surface area contributed by atoms with Crippen molar-refractivity contribution in [2.24, 2.45) is 5.92 Å². The molecule has 41 heavy (non-hydrogen) atoms. The van der Waals surface area contributed by atoms with Crippen LogP contribution in [0.2, 0.25) is 0 Å². The van der Waals surface area contributed by atoms with Crippen LogP contribution in [0.1, 0.15) is 44.9 Å². The summed E-state index contributed by atoms with van der Waals surface area (Å²) in [5.41, 5.74) is 9.54. The number of ether oxygens (including phenoxy) is 1. The maximum absolute atomic E-state index is 11.1. The average Bonchev–Trinajstić information content (AvgIpc) is 3.38. The summed E-state index contributed by atoms with van der Waals surface area (Å²) in [5.74, 6) is 1.11. The highest BCUT2D eigenvalue weighted by Gasteiger charge is 2.25. The second-order valence-corrected chi connectivity index (χ2v) is 11.0. The second-order valence-electron chi connectivity index (χ2n) is 11.0. The van der Waals surface area contributed by atoms with Gasteiger partial charge in [-0.15, -0.1) is 0 Å². The van der Waals surface area contributed by atoms with E-state index in [1.807, 2.05) is 6.92 Å². The summed E-state index contributed by atoms with van der Waals surface area (Å²) in [6, 6.07) is 15.8. The van der Waals surface area contributed by atoms with Crippen molar-refractivity contribution in [1.29, 1.82) is 0 Å². The van der Waals surface area contributed by atoms with Crippen LogP contribution in [0.5, 0.6) is 6.01 Å². The summed E-state index contributed by atoms with van der Waals surface area (Å²) in [5, 5.41) is 2.52. The highest BCUT2D eigenvalue weighted by atomic mass is 32.1. The first kappa shape index (κ1) is 32.2. The van der Waals surface area contributed by atoms with Gasteiger partial charge in [-0.25, -0.2) is 0 Å². The van der Waals surface area contributed by atoms with Crippen LogP contribution in [0, 0.1) is 5.92 Å². The summed E-state index contributed by atoms with van der Waals surface area (Å²) in [6.45, 7) is 14.6. The minimum absolute atomic E-state index is 0. The number of rotatable bonds is 8. The Balaban J connectivity index is 0.000000331. The van der Waals surface area contributed by atoms with Gasteiger partial charge in [0.2, 0.25) is 5.91 Å². The average molecular weight is 579 g/mol. The van der Waals surface area contributed by atoms with Crippen LogP contribution in [0.3, 0.4) is 0 Å². The second kappa shape index (κ2) is 15.1. The Bertz CT molecular complexity index is 1310. The molecule has 0 spiro atoms. The third kappa shape index (κ3) is 8.14. The number of amides is 1. The third-order valence-corrected chi connectivity index (χ3v) is 7.71. The molecule has 0 radical (unpaired) electrons. The predicted octanol–water partition coefficient (Wildman–Crippen LogP) is 5.04. The number of carbonyl (C=O) groups excluding carboxylic acids is 1. The molecular weight excluding hydrogens is 532 g/mol. The van der Waals surface area contributed by atoms with Gasteiger partial charge in [-0.3, -0.25) is 4.79 Å². The van der Waals surface area contributed by atoms with E-state index >= 15 is 0 Å². The molecular formula is C32H46N6O2S. The molecule has 2 N–H and O–H groups in total. The van der Waals surface area contributed by atoms with Crippen LogP contribution in [-0.4, -0.2) is 71.6 Å². The van der Waals surface area contributed by atoms with Gasteiger partial charge in [0, 0.05) is 42.3 Å². The van der Waals surface area contributed by atoms with Gasteiger partial charge < -0.3 is 25.2 Å². The van der Waals surface area contributed by atoms with Crippen molar-refractivity contribution in [3.8, 4) is 6.01 Å². The van der Waals surface area contributed by atoms with Crippen LogP contribution >= 0.6 is 13.5 Å². The van der Waals surface area contributed by atoms with E-state index in [0.717, 1.165) is 56.8 Å². The highest BCUT2D eigenvalue weighted by Crippen LogP contribution is 2.32. The van der Waals surface area contributed by atoms with Crippen molar-refractivity contribution in [1.82, 2.24) is 19.8 Å². The van der Waals surface area contributed by atoms with Gasteiger partial charge in [-0.05, 0) is 63.2 Å². The van der Waals surface area contributed by atoms with Crippen molar-refractivity contribution in [2.75, 3.05) is 50.5 Å². The Morgan fingerprint density at radius 3 is 2.63 bits per heavy atom. The van der Waals surface area contributed by atoms with Gasteiger partial charge in [0.25, 0.3) is 0 Å². The van der Waals surface area contributed by atoms with E-state index in [0.29, 0.717) is 30.4 Å². The Morgan fingerprint density at radius 2 is 1.95 bits per heavy atom. The fraction of sp³-hybridized carbons (Fsp3) is 0.469. The lowest BCUT2D eigenvalue weighted by Gasteiger charge is -2.31. The fourth-order valence-corrected chi connectivity index (χ4v) is 5.50. The Kier molecular flexibility index (Phi) is 11.8. The van der Waals surface area contributed by atoms with Crippen LogP contribution in [0.25, 0.3) is 10.8 Å². The SMILES string of the molecule is C=CC(=O)N(CC)CC(C)C.CN1CCC[C@H]1COc1nc(N)c2c(n1)CN(c1cccc3ccccc13)CC2.S. The van der Waals surface area contributed by atoms with E-state index in [1.165, 1.54) is 29.0 Å². The lowest BCUT2D eigenvalue weighted by atomic mass is 10.0. The van der Waals surface area contributed by atoms with Gasteiger partial charge in [0.1, 0.15) is 12.4 Å². The molecule has 2 aromatic carbocycles. The van der Waals surface area contributed by atoms with Crippen LogP contribution in [0.4, 0.5) is 11.5 Å². The molecule has 9 heteroatoms. The number of likely N-dealkylation sites (tertiary alicyclic amines) is 1. The first-order chi connectivity index (χ1) is 19.3. The Hall–Kier alpha value is -3.30. The number of nitrogens with two attached hydrogens (primary N) is 1. The van der Waals surface area contributed by atoms with Crippen molar-refractivity contribution in [2.45, 2.75) is 52.6 Å². The Labute approximate surface area is 252 Å². The molecule has 0 unspecified atom stereocenters. The number of hydrogen-bond acceptors (Lipinski definition) is 7. The van der Waals surface area contributed by atoms with E-state index < -0.39 is 0 Å². The normalized spacial score (nSPS) is 16.4. The number of benzene rings is 2. The molecule has 5 rings (SSSR count). The first-order valence-corrected chi connectivity index (χ1v) is 14.4. The standard InChI is InChI=1S/C23H27N5O.C9H17NO.H2S/c1-27-12-5-8-17(27)15-29-23-25-20-14-28(13-11-19(20)22(24)26-23)21-10-4-7-16-6-2-3-9-18(16)21;1-5-9(11)10(6-2)7-8(3)4;/h2-4,6-7,9-10,17H,5,8,11-15H2,1H3,(H2,24,25,26);5,8H,1,6-7H2,2-4H3;1H2/t17-;;/m0../s1. The van der Waals surface area contributed by atoms with Crippen molar-refractivity contribution >= 4 is 41.7 Å². The number of likely N-dealkylation sites (N-methyl/N-ethyl adjacent to an activating group) is 2. The maximum Gasteiger partial charge on any atom is 0.318 e.